The molecule has 1 saturated heterocycles. The number of hydrogen-bond acceptors (Lipinski definition) is 2. The van der Waals surface area contributed by atoms with Crippen LogP contribution in [0.1, 0.15) is 18.4 Å². The van der Waals surface area contributed by atoms with Gasteiger partial charge in [0.05, 0.1) is 0 Å². The van der Waals surface area contributed by atoms with Crippen molar-refractivity contribution >= 4 is 0 Å². The normalized spacial score (nSPS) is 14.9. The molecule has 1 fully saturated rings. The Morgan fingerprint density at radius 1 is 0.952 bits per heavy atom. The summed E-state index contributed by atoms with van der Waals surface area (Å²) in [5.74, 6) is 0. The van der Waals surface area contributed by atoms with Crippen LogP contribution in [0.15, 0.2) is 54.6 Å². The molecule has 0 aliphatic carbocycles. The smallest absolute Gasteiger partial charge is 0.314 e. The molecule has 0 bridgehead atoms. The van der Waals surface area contributed by atoms with E-state index in [-0.39, 0.29) is 17.1 Å². The maximum atomic E-state index is 3.39. The molecule has 0 spiro atoms. The number of rotatable bonds is 5. The van der Waals surface area contributed by atoms with Gasteiger partial charge >= 0.3 is 17.1 Å². The summed E-state index contributed by atoms with van der Waals surface area (Å²) in [4.78, 5) is 2.57. The molecule has 0 saturated carbocycles. The zero-order valence-corrected chi connectivity index (χ0v) is 13.8. The molecule has 0 atom stereocenters. The Labute approximate surface area is 139 Å². The van der Waals surface area contributed by atoms with Gasteiger partial charge in [-0.1, -0.05) is 12.8 Å². The van der Waals surface area contributed by atoms with E-state index in [4.69, 9.17) is 0 Å². The van der Waals surface area contributed by atoms with Crippen LogP contribution in [0.2, 0.25) is 0 Å². The van der Waals surface area contributed by atoms with E-state index < -0.39 is 0 Å². The molecule has 1 heterocycles. The van der Waals surface area contributed by atoms with Crippen LogP contribution < -0.4 is 5.32 Å². The van der Waals surface area contributed by atoms with Crippen LogP contribution >= 0.6 is 0 Å². The summed E-state index contributed by atoms with van der Waals surface area (Å²) >= 11 is 0. The van der Waals surface area contributed by atoms with Gasteiger partial charge in [0.2, 0.25) is 0 Å². The fourth-order valence-electron chi connectivity index (χ4n) is 2.50. The number of piperazine rings is 1. The molecule has 3 heteroatoms. The van der Waals surface area contributed by atoms with Gasteiger partial charge < -0.3 is 10.2 Å². The molecular weight excluding hydrogens is 300 g/mol. The van der Waals surface area contributed by atoms with Gasteiger partial charge in [-0.3, -0.25) is 0 Å². The first-order valence-corrected chi connectivity index (χ1v) is 7.75. The summed E-state index contributed by atoms with van der Waals surface area (Å²) in [7, 11) is 0. The van der Waals surface area contributed by atoms with Gasteiger partial charge in [-0.05, 0) is 13.0 Å². The van der Waals surface area contributed by atoms with Gasteiger partial charge in [0.25, 0.3) is 0 Å². The third-order valence-corrected chi connectivity index (χ3v) is 3.69. The van der Waals surface area contributed by atoms with E-state index >= 15 is 0 Å². The van der Waals surface area contributed by atoms with Gasteiger partial charge in [0, 0.05) is 26.2 Å². The summed E-state index contributed by atoms with van der Waals surface area (Å²) in [6, 6.07) is 18.7. The molecule has 1 aliphatic rings. The molecule has 1 N–H and O–H groups in total. The maximum Gasteiger partial charge on any atom is 2.00 e. The van der Waals surface area contributed by atoms with Crippen LogP contribution in [-0.4, -0.2) is 37.6 Å². The quantitative estimate of drug-likeness (QED) is 0.516. The molecule has 1 aliphatic heterocycles. The second-order valence-electron chi connectivity index (χ2n) is 5.30. The van der Waals surface area contributed by atoms with Crippen molar-refractivity contribution in [1.82, 2.24) is 10.2 Å². The predicted molar refractivity (Wildman–Crippen MR) is 86.3 cm³/mol. The van der Waals surface area contributed by atoms with Crippen LogP contribution in [0.3, 0.4) is 0 Å². The van der Waals surface area contributed by atoms with E-state index in [1.165, 1.54) is 57.5 Å². The van der Waals surface area contributed by atoms with Crippen molar-refractivity contribution in [1.29, 1.82) is 0 Å². The van der Waals surface area contributed by atoms with Crippen molar-refractivity contribution in [3.63, 3.8) is 0 Å². The van der Waals surface area contributed by atoms with Gasteiger partial charge in [-0.25, -0.2) is 24.3 Å². The Balaban J connectivity index is 0.000000313. The molecule has 2 aromatic rings. The number of hydrogen-bond donors (Lipinski definition) is 1. The number of aryl methyl sites for hydroxylation is 1. The Morgan fingerprint density at radius 3 is 2.19 bits per heavy atom. The summed E-state index contributed by atoms with van der Waals surface area (Å²) in [5, 5.41) is 3.39. The fourth-order valence-corrected chi connectivity index (χ4v) is 2.50. The van der Waals surface area contributed by atoms with Crippen molar-refractivity contribution in [2.24, 2.45) is 0 Å². The van der Waals surface area contributed by atoms with E-state index in [2.05, 4.69) is 34.5 Å². The SMILES string of the molecule is [Fe+2].c1cc[c-](CCCCN2CCNCC2)c1.c1cc[cH-]c1. The van der Waals surface area contributed by atoms with E-state index in [9.17, 15) is 0 Å². The van der Waals surface area contributed by atoms with Gasteiger partial charge in [0.15, 0.2) is 0 Å². The molecule has 21 heavy (non-hydrogen) atoms. The zero-order valence-electron chi connectivity index (χ0n) is 12.7. The number of nitrogens with zero attached hydrogens (tertiary/aromatic N) is 1. The first kappa shape index (κ1) is 18.2. The van der Waals surface area contributed by atoms with Crippen molar-refractivity contribution in [3.05, 3.63) is 60.2 Å². The average Bonchev–Trinajstić information content (AvgIpc) is 3.20. The second-order valence-corrected chi connectivity index (χ2v) is 5.30. The van der Waals surface area contributed by atoms with Crippen LogP contribution in [0.25, 0.3) is 0 Å². The van der Waals surface area contributed by atoms with Gasteiger partial charge in [-0.15, -0.1) is 0 Å². The molecule has 0 unspecified atom stereocenters. The Morgan fingerprint density at radius 2 is 1.62 bits per heavy atom. The largest absolute Gasteiger partial charge is 2.00 e. The summed E-state index contributed by atoms with van der Waals surface area (Å²) in [6.07, 6.45) is 3.91. The zero-order chi connectivity index (χ0) is 13.9. The first-order valence-electron chi connectivity index (χ1n) is 7.75. The fraction of sp³-hybridized carbons (Fsp3) is 0.444. The van der Waals surface area contributed by atoms with Crippen molar-refractivity contribution in [3.8, 4) is 0 Å². The van der Waals surface area contributed by atoms with Crippen molar-refractivity contribution in [2.75, 3.05) is 32.7 Å². The standard InChI is InChI=1S/C13H21N2.C5H5.Fe/c1-2-6-13(5-1)7-3-4-10-15-11-8-14-9-12-15;1-2-4-5-3-1;/h1-2,5-6,14H,3-4,7-12H2;1-5H;/q2*-1;+2. The van der Waals surface area contributed by atoms with E-state index in [0.717, 1.165) is 0 Å². The summed E-state index contributed by atoms with van der Waals surface area (Å²) in [5.41, 5.74) is 1.50. The minimum Gasteiger partial charge on any atom is -0.314 e. The van der Waals surface area contributed by atoms with Crippen molar-refractivity contribution in [2.45, 2.75) is 19.3 Å². The van der Waals surface area contributed by atoms with E-state index in [0.29, 0.717) is 0 Å². The van der Waals surface area contributed by atoms with Crippen LogP contribution in [-0.2, 0) is 23.5 Å². The van der Waals surface area contributed by atoms with Crippen LogP contribution in [0.5, 0.6) is 0 Å². The molecule has 0 aromatic heterocycles. The third-order valence-electron chi connectivity index (χ3n) is 3.69. The van der Waals surface area contributed by atoms with Gasteiger partial charge in [-0.2, -0.15) is 35.9 Å². The summed E-state index contributed by atoms with van der Waals surface area (Å²) < 4.78 is 0. The molecule has 116 valence electrons. The molecule has 3 rings (SSSR count). The van der Waals surface area contributed by atoms with E-state index in [1.54, 1.807) is 0 Å². The number of nitrogens with one attached hydrogen (secondary N) is 1. The molecule has 2 aromatic carbocycles. The maximum absolute atomic E-state index is 3.39. The van der Waals surface area contributed by atoms with Crippen LogP contribution in [0, 0.1) is 0 Å². The minimum atomic E-state index is 0. The Hall–Kier alpha value is -0.861. The first-order chi connectivity index (χ1) is 9.95. The molecule has 0 amide bonds. The van der Waals surface area contributed by atoms with Crippen molar-refractivity contribution < 1.29 is 17.1 Å². The van der Waals surface area contributed by atoms with Crippen LogP contribution in [0.4, 0.5) is 0 Å². The Bertz CT molecular complexity index is 385. The topological polar surface area (TPSA) is 15.3 Å². The van der Waals surface area contributed by atoms with Gasteiger partial charge in [0.1, 0.15) is 0 Å². The minimum absolute atomic E-state index is 0. The molecular formula is C18H26FeN2. The monoisotopic (exact) mass is 326 g/mol. The van der Waals surface area contributed by atoms with E-state index in [1.807, 2.05) is 30.3 Å². The Kier molecular flexibility index (Phi) is 10.2. The third kappa shape index (κ3) is 8.23. The summed E-state index contributed by atoms with van der Waals surface area (Å²) in [6.45, 7) is 6.08. The molecule has 0 radical (unpaired) electrons. The molecule has 2 nitrogen and oxygen atoms in total. The average molecular weight is 326 g/mol. The predicted octanol–water partition coefficient (Wildman–Crippen LogP) is 3.04. The second kappa shape index (κ2) is 11.8. The number of unbranched alkanes of at least 4 members (excludes halogenated alkanes) is 1.